The van der Waals surface area contributed by atoms with E-state index in [2.05, 4.69) is 20.3 Å². The van der Waals surface area contributed by atoms with Gasteiger partial charge in [-0.05, 0) is 13.3 Å². The summed E-state index contributed by atoms with van der Waals surface area (Å²) in [5.41, 5.74) is 16.9. The van der Waals surface area contributed by atoms with Crippen molar-refractivity contribution < 1.29 is 34.1 Å². The van der Waals surface area contributed by atoms with E-state index in [1.807, 2.05) is 0 Å². The predicted molar refractivity (Wildman–Crippen MR) is 111 cm³/mol. The van der Waals surface area contributed by atoms with Crippen molar-refractivity contribution in [2.75, 3.05) is 12.3 Å². The number of aromatic nitrogens is 4. The number of aliphatic hydroxyl groups is 2. The molecule has 1 saturated heterocycles. The number of nitrogen functional groups attached to an aromatic ring is 1. The lowest BCUT2D eigenvalue weighted by Gasteiger charge is -2.20. The van der Waals surface area contributed by atoms with Gasteiger partial charge in [-0.25, -0.2) is 19.7 Å². The molecular formula is C18H26N8O7. The molecule has 3 heterocycles. The van der Waals surface area contributed by atoms with Crippen LogP contribution < -0.4 is 22.5 Å². The number of rotatable bonds is 9. The number of primary amides is 1. The van der Waals surface area contributed by atoms with Crippen LogP contribution in [0.4, 0.5) is 5.82 Å². The number of anilines is 1. The second-order valence-corrected chi connectivity index (χ2v) is 7.61. The van der Waals surface area contributed by atoms with Crippen LogP contribution in [0.5, 0.6) is 0 Å². The second-order valence-electron chi connectivity index (χ2n) is 7.61. The Kier molecular flexibility index (Phi) is 7.37. The normalized spacial score (nSPS) is 24.4. The summed E-state index contributed by atoms with van der Waals surface area (Å²) in [7, 11) is 0. The average molecular weight is 466 g/mol. The molecular weight excluding hydrogens is 440 g/mol. The molecule has 180 valence electrons. The zero-order chi connectivity index (χ0) is 24.3. The van der Waals surface area contributed by atoms with Gasteiger partial charge in [-0.15, -0.1) is 0 Å². The fourth-order valence-electron chi connectivity index (χ4n) is 3.26. The molecule has 0 spiro atoms. The van der Waals surface area contributed by atoms with Gasteiger partial charge in [0.2, 0.25) is 11.8 Å². The molecule has 0 aliphatic carbocycles. The zero-order valence-electron chi connectivity index (χ0n) is 17.7. The van der Waals surface area contributed by atoms with Gasteiger partial charge in [0.25, 0.3) is 0 Å². The Balaban J connectivity index is 1.67. The van der Waals surface area contributed by atoms with Gasteiger partial charge < -0.3 is 42.2 Å². The van der Waals surface area contributed by atoms with Crippen molar-refractivity contribution in [3.05, 3.63) is 12.7 Å². The molecule has 2 aromatic heterocycles. The summed E-state index contributed by atoms with van der Waals surface area (Å²) in [4.78, 5) is 47.5. The quantitative estimate of drug-likeness (QED) is 0.199. The largest absolute Gasteiger partial charge is 0.461 e. The van der Waals surface area contributed by atoms with Gasteiger partial charge in [0, 0.05) is 6.42 Å². The molecule has 0 unspecified atom stereocenters. The van der Waals surface area contributed by atoms with E-state index in [0.717, 1.165) is 0 Å². The molecule has 2 amide bonds. The summed E-state index contributed by atoms with van der Waals surface area (Å²) < 4.78 is 12.2. The lowest BCUT2D eigenvalue weighted by Crippen LogP contribution is -2.48. The van der Waals surface area contributed by atoms with Gasteiger partial charge in [0.05, 0.1) is 12.4 Å². The van der Waals surface area contributed by atoms with E-state index in [1.165, 1.54) is 24.1 Å². The van der Waals surface area contributed by atoms with E-state index in [9.17, 15) is 24.6 Å². The number of amides is 2. The van der Waals surface area contributed by atoms with Crippen LogP contribution >= 0.6 is 0 Å². The Morgan fingerprint density at radius 3 is 2.67 bits per heavy atom. The third-order valence-corrected chi connectivity index (χ3v) is 5.08. The van der Waals surface area contributed by atoms with Gasteiger partial charge in [0.15, 0.2) is 17.7 Å². The topological polar surface area (TPSA) is 244 Å². The lowest BCUT2D eigenvalue weighted by molar-refractivity contribution is -0.154. The predicted octanol–water partition coefficient (Wildman–Crippen LogP) is -3.33. The first-order chi connectivity index (χ1) is 15.6. The monoisotopic (exact) mass is 466 g/mol. The number of ether oxygens (including phenoxy) is 2. The number of fused-ring (bicyclic) bond motifs is 1. The van der Waals surface area contributed by atoms with Crippen LogP contribution in [0.3, 0.4) is 0 Å². The minimum Gasteiger partial charge on any atom is -0.461 e. The number of hydrogen-bond acceptors (Lipinski definition) is 12. The Labute approximate surface area is 187 Å². The highest BCUT2D eigenvalue weighted by atomic mass is 16.6. The molecule has 1 aliphatic heterocycles. The third kappa shape index (κ3) is 5.33. The second kappa shape index (κ2) is 10.0. The van der Waals surface area contributed by atoms with E-state index < -0.39 is 61.0 Å². The molecule has 0 saturated carbocycles. The number of nitrogens with one attached hydrogen (secondary N) is 1. The molecule has 15 heteroatoms. The lowest BCUT2D eigenvalue weighted by atomic mass is 10.1. The van der Waals surface area contributed by atoms with Crippen molar-refractivity contribution >= 4 is 34.8 Å². The summed E-state index contributed by atoms with van der Waals surface area (Å²) in [6.45, 7) is 0.979. The van der Waals surface area contributed by atoms with Gasteiger partial charge in [-0.1, -0.05) is 0 Å². The minimum absolute atomic E-state index is 0.103. The molecule has 0 aromatic carbocycles. The molecule has 3 rings (SSSR count). The van der Waals surface area contributed by atoms with Crippen LogP contribution in [-0.2, 0) is 23.9 Å². The highest BCUT2D eigenvalue weighted by Crippen LogP contribution is 2.32. The number of imidazole rings is 1. The van der Waals surface area contributed by atoms with E-state index in [0.29, 0.717) is 5.52 Å². The SMILES string of the molecule is C[C@H](N)C(=O)N[C@@H](CCC(N)=O)C(=O)OC[C@H]1O[C@@H](n2cnc3c(N)ncnc32)[C@H](O)[C@@H]1O. The van der Waals surface area contributed by atoms with E-state index in [-0.39, 0.29) is 24.3 Å². The van der Waals surface area contributed by atoms with Gasteiger partial charge in [0.1, 0.15) is 42.8 Å². The van der Waals surface area contributed by atoms with Crippen LogP contribution in [0, 0.1) is 0 Å². The maximum atomic E-state index is 12.5. The number of aliphatic hydroxyl groups excluding tert-OH is 2. The van der Waals surface area contributed by atoms with Gasteiger partial charge in [-0.2, -0.15) is 0 Å². The number of hydrogen-bond donors (Lipinski definition) is 6. The summed E-state index contributed by atoms with van der Waals surface area (Å²) in [6.07, 6.45) is -2.75. The highest BCUT2D eigenvalue weighted by Gasteiger charge is 2.45. The number of nitrogens with zero attached hydrogens (tertiary/aromatic N) is 4. The fourth-order valence-corrected chi connectivity index (χ4v) is 3.26. The van der Waals surface area contributed by atoms with Crippen LogP contribution in [-0.4, -0.2) is 84.5 Å². The smallest absolute Gasteiger partial charge is 0.328 e. The Bertz CT molecular complexity index is 1030. The Morgan fingerprint density at radius 2 is 2.00 bits per heavy atom. The summed E-state index contributed by atoms with van der Waals surface area (Å²) in [5.74, 6) is -2.04. The maximum Gasteiger partial charge on any atom is 0.328 e. The maximum absolute atomic E-state index is 12.5. The summed E-state index contributed by atoms with van der Waals surface area (Å²) >= 11 is 0. The molecule has 1 aliphatic rings. The minimum atomic E-state index is -1.41. The first-order valence-corrected chi connectivity index (χ1v) is 10.1. The van der Waals surface area contributed by atoms with Crippen LogP contribution in [0.25, 0.3) is 11.2 Å². The Hall–Kier alpha value is -3.40. The Morgan fingerprint density at radius 1 is 1.27 bits per heavy atom. The summed E-state index contributed by atoms with van der Waals surface area (Å²) in [6, 6.07) is -2.08. The van der Waals surface area contributed by atoms with Crippen LogP contribution in [0.15, 0.2) is 12.7 Å². The van der Waals surface area contributed by atoms with Crippen molar-refractivity contribution in [1.82, 2.24) is 24.8 Å². The van der Waals surface area contributed by atoms with E-state index >= 15 is 0 Å². The van der Waals surface area contributed by atoms with E-state index in [1.54, 1.807) is 0 Å². The van der Waals surface area contributed by atoms with Crippen molar-refractivity contribution in [2.45, 2.75) is 56.4 Å². The number of carbonyl (C=O) groups excluding carboxylic acids is 3. The zero-order valence-corrected chi connectivity index (χ0v) is 17.7. The highest BCUT2D eigenvalue weighted by molar-refractivity contribution is 5.87. The molecule has 1 fully saturated rings. The van der Waals surface area contributed by atoms with Crippen molar-refractivity contribution in [3.8, 4) is 0 Å². The van der Waals surface area contributed by atoms with Crippen LogP contribution in [0.2, 0.25) is 0 Å². The average Bonchev–Trinajstić information content (AvgIpc) is 3.31. The molecule has 33 heavy (non-hydrogen) atoms. The van der Waals surface area contributed by atoms with Crippen molar-refractivity contribution in [2.24, 2.45) is 11.5 Å². The van der Waals surface area contributed by atoms with Gasteiger partial charge >= 0.3 is 5.97 Å². The first-order valence-electron chi connectivity index (χ1n) is 10.1. The number of carbonyl (C=O) groups is 3. The van der Waals surface area contributed by atoms with Crippen molar-refractivity contribution in [1.29, 1.82) is 0 Å². The molecule has 2 aromatic rings. The molecule has 6 atom stereocenters. The molecule has 15 nitrogen and oxygen atoms in total. The standard InChI is InChI=1S/C18H26N8O7/c1-7(19)16(30)25-8(2-3-10(20)27)18(31)32-4-9-12(28)13(29)17(33-9)26-6-24-11-14(21)22-5-23-15(11)26/h5-9,12-13,17,28-29H,2-4,19H2,1H3,(H2,20,27)(H,25,30)(H2,21,22,23)/t7-,8-,9+,12+,13+,17+/m0/s1. The van der Waals surface area contributed by atoms with Crippen LogP contribution in [0.1, 0.15) is 26.0 Å². The third-order valence-electron chi connectivity index (χ3n) is 5.08. The fraction of sp³-hybridized carbons (Fsp3) is 0.556. The first kappa shape index (κ1) is 24.2. The van der Waals surface area contributed by atoms with Crippen molar-refractivity contribution in [3.63, 3.8) is 0 Å². The van der Waals surface area contributed by atoms with E-state index in [4.69, 9.17) is 26.7 Å². The number of nitrogens with two attached hydrogens (primary N) is 3. The number of esters is 1. The molecule has 0 radical (unpaired) electrons. The molecule has 9 N–H and O–H groups in total. The van der Waals surface area contributed by atoms with Gasteiger partial charge in [-0.3, -0.25) is 14.2 Å². The molecule has 0 bridgehead atoms. The summed E-state index contributed by atoms with van der Waals surface area (Å²) in [5, 5.41) is 23.2.